The minimum atomic E-state index is -4.88. The summed E-state index contributed by atoms with van der Waals surface area (Å²) in [6, 6.07) is 7.46. The molecule has 0 bridgehead atoms. The van der Waals surface area contributed by atoms with Crippen molar-refractivity contribution in [3.63, 3.8) is 0 Å². The zero-order valence-corrected chi connectivity index (χ0v) is 20.1. The Hall–Kier alpha value is -0.120. The Labute approximate surface area is 187 Å². The molecule has 152 valence electrons. The predicted octanol–water partition coefficient (Wildman–Crippen LogP) is 1.69. The first-order valence-electron chi connectivity index (χ1n) is 9.28. The van der Waals surface area contributed by atoms with Crippen LogP contribution in [0.15, 0.2) is 30.3 Å². The van der Waals surface area contributed by atoms with Crippen molar-refractivity contribution in [1.29, 1.82) is 0 Å². The molecule has 27 heavy (non-hydrogen) atoms. The van der Waals surface area contributed by atoms with Crippen LogP contribution in [0.5, 0.6) is 5.75 Å². The van der Waals surface area contributed by atoms with Crippen LogP contribution in [0.2, 0.25) is 0 Å². The molecule has 9 heteroatoms. The Morgan fingerprint density at radius 3 is 1.74 bits per heavy atom. The smallest absolute Gasteiger partial charge is 1.00 e. The van der Waals surface area contributed by atoms with Crippen LogP contribution in [0.3, 0.4) is 0 Å². The van der Waals surface area contributed by atoms with E-state index in [-0.39, 0.29) is 43.3 Å². The van der Waals surface area contributed by atoms with Gasteiger partial charge in [0.1, 0.15) is 5.75 Å². The second-order valence-electron chi connectivity index (χ2n) is 6.22. The molecule has 0 aliphatic carbocycles. The van der Waals surface area contributed by atoms with E-state index in [2.05, 4.69) is 15.3 Å². The molecule has 0 saturated carbocycles. The zero-order chi connectivity index (χ0) is 19.3. The third-order valence-electron chi connectivity index (χ3n) is 3.92. The summed E-state index contributed by atoms with van der Waals surface area (Å²) in [7, 11) is -9.69. The molecule has 1 rings (SSSR count). The maximum Gasteiger partial charge on any atom is 1.00 e. The van der Waals surface area contributed by atoms with E-state index in [1.807, 2.05) is 0 Å². The average molecular weight is 431 g/mol. The molecule has 0 aliphatic heterocycles. The number of unbranched alkanes of at least 4 members (excludes halogenated alkanes) is 9. The maximum absolute atomic E-state index is 11.8. The van der Waals surface area contributed by atoms with Gasteiger partial charge in [0.15, 0.2) is 0 Å². The summed E-state index contributed by atoms with van der Waals surface area (Å²) in [6.45, 7) is 2.04. The van der Waals surface area contributed by atoms with Gasteiger partial charge in [0.25, 0.3) is 0 Å². The summed E-state index contributed by atoms with van der Waals surface area (Å²) in [5.74, 6) is -0.0707. The second kappa shape index (κ2) is 14.8. The van der Waals surface area contributed by atoms with E-state index >= 15 is 0 Å². The molecule has 0 saturated heterocycles. The topological polar surface area (TPSA) is 86.7 Å². The van der Waals surface area contributed by atoms with Crippen LogP contribution in [0.4, 0.5) is 0 Å². The molecule has 0 unspecified atom stereocenters. The molecule has 0 atom stereocenters. The van der Waals surface area contributed by atoms with Gasteiger partial charge in [0.2, 0.25) is 0 Å². The molecule has 0 N–H and O–H groups in total. The first kappa shape index (κ1) is 26.9. The Kier molecular flexibility index (Phi) is 14.8. The molecule has 0 amide bonds. The van der Waals surface area contributed by atoms with Crippen molar-refractivity contribution in [3.05, 3.63) is 30.3 Å². The number of para-hydroxylation sites is 1. The monoisotopic (exact) mass is 430 g/mol. The normalized spacial score (nSPS) is 11.7. The van der Waals surface area contributed by atoms with Crippen LogP contribution in [0.1, 0.15) is 72.6 Å². The van der Waals surface area contributed by atoms with Gasteiger partial charge < -0.3 is 5.61 Å². The Morgan fingerprint density at radius 1 is 0.741 bits per heavy atom. The van der Waals surface area contributed by atoms with E-state index in [0.717, 1.165) is 19.3 Å². The van der Waals surface area contributed by atoms with E-state index in [4.69, 9.17) is 0 Å². The molecule has 0 aliphatic rings. The number of hydrogen-bond acceptors (Lipinski definition) is 6. The summed E-state index contributed by atoms with van der Waals surface area (Å²) < 4.78 is 56.3. The van der Waals surface area contributed by atoms with Gasteiger partial charge in [-0.15, -0.1) is 0 Å². The number of hydrogen-bond donors (Lipinski definition) is 0. The molecule has 0 radical (unpaired) electrons. The van der Waals surface area contributed by atoms with E-state index in [9.17, 15) is 16.8 Å². The SMILES string of the molecule is CCCCCCCCCCCCOS(=O)(=O)S(=O)(=O)Oc1ccccc1.[H-].[Na+]. The maximum atomic E-state index is 11.8. The Balaban J connectivity index is 0. The van der Waals surface area contributed by atoms with Crippen molar-refractivity contribution in [2.45, 2.75) is 71.1 Å². The van der Waals surface area contributed by atoms with Gasteiger partial charge >= 0.3 is 47.9 Å². The molecule has 0 spiro atoms. The van der Waals surface area contributed by atoms with E-state index in [0.29, 0.717) is 6.42 Å². The van der Waals surface area contributed by atoms with Gasteiger partial charge in [-0.05, 0) is 18.6 Å². The third-order valence-corrected chi connectivity index (χ3v) is 7.26. The third kappa shape index (κ3) is 11.5. The van der Waals surface area contributed by atoms with Crippen molar-refractivity contribution in [1.82, 2.24) is 0 Å². The molecular formula is C18H31NaO6S2. The van der Waals surface area contributed by atoms with Gasteiger partial charge in [0, 0.05) is 0 Å². The van der Waals surface area contributed by atoms with Crippen LogP contribution < -0.4 is 33.7 Å². The molecule has 1 aromatic carbocycles. The van der Waals surface area contributed by atoms with Crippen molar-refractivity contribution in [2.75, 3.05) is 6.61 Å². The van der Waals surface area contributed by atoms with Crippen molar-refractivity contribution >= 4 is 18.3 Å². The standard InChI is InChI=1S/C18H30O6S2.Na.H/c1-2-3-4-5-6-7-8-9-10-14-17-23-25(19,20)26(21,22)24-18-15-12-11-13-16-18;;/h11-13,15-16H,2-10,14,17H2,1H3;;/q;+1;-1. The van der Waals surface area contributed by atoms with Crippen molar-refractivity contribution in [2.24, 2.45) is 0 Å². The van der Waals surface area contributed by atoms with Crippen LogP contribution in [-0.2, 0) is 22.5 Å². The fraction of sp³-hybridized carbons (Fsp3) is 0.667. The van der Waals surface area contributed by atoms with Crippen LogP contribution in [0, 0.1) is 0 Å². The zero-order valence-electron chi connectivity index (χ0n) is 17.4. The van der Waals surface area contributed by atoms with Gasteiger partial charge in [-0.25, -0.2) is 0 Å². The van der Waals surface area contributed by atoms with Gasteiger partial charge in [-0.2, -0.15) is 16.8 Å². The predicted molar refractivity (Wildman–Crippen MR) is 104 cm³/mol. The molecular weight excluding hydrogens is 399 g/mol. The van der Waals surface area contributed by atoms with Gasteiger partial charge in [-0.1, -0.05) is 82.9 Å². The average Bonchev–Trinajstić information content (AvgIpc) is 2.60. The van der Waals surface area contributed by atoms with Gasteiger partial charge in [-0.3, -0.25) is 4.18 Å². The van der Waals surface area contributed by atoms with Crippen LogP contribution in [-0.4, -0.2) is 23.4 Å². The van der Waals surface area contributed by atoms with E-state index in [1.165, 1.54) is 50.7 Å². The molecule has 1 aromatic rings. The number of benzene rings is 1. The molecule has 0 aromatic heterocycles. The fourth-order valence-corrected chi connectivity index (χ4v) is 4.36. The largest absolute Gasteiger partial charge is 1.00 e. The second-order valence-corrected chi connectivity index (χ2v) is 10.7. The Bertz CT molecular complexity index is 696. The summed E-state index contributed by atoms with van der Waals surface area (Å²) >= 11 is 0. The Morgan fingerprint density at radius 2 is 1.22 bits per heavy atom. The summed E-state index contributed by atoms with van der Waals surface area (Å²) in [4.78, 5) is 0. The molecule has 0 heterocycles. The summed E-state index contributed by atoms with van der Waals surface area (Å²) in [5.41, 5.74) is 0. The quantitative estimate of drug-likeness (QED) is 0.239. The summed E-state index contributed by atoms with van der Waals surface area (Å²) in [5, 5.41) is 0. The van der Waals surface area contributed by atoms with Crippen LogP contribution >= 0.6 is 0 Å². The first-order chi connectivity index (χ1) is 12.4. The fourth-order valence-electron chi connectivity index (χ4n) is 2.44. The minimum Gasteiger partial charge on any atom is -1.00 e. The summed E-state index contributed by atoms with van der Waals surface area (Å²) in [6.07, 6.45) is 10.9. The van der Waals surface area contributed by atoms with Crippen LogP contribution in [0.25, 0.3) is 0 Å². The molecule has 6 nitrogen and oxygen atoms in total. The van der Waals surface area contributed by atoms with Crippen molar-refractivity contribution < 1.29 is 56.2 Å². The number of rotatable bonds is 15. The first-order valence-corrected chi connectivity index (χ1v) is 12.6. The van der Waals surface area contributed by atoms with E-state index in [1.54, 1.807) is 18.2 Å². The minimum absolute atomic E-state index is 0. The van der Waals surface area contributed by atoms with Gasteiger partial charge in [0.05, 0.1) is 6.61 Å². The van der Waals surface area contributed by atoms with Crippen molar-refractivity contribution in [3.8, 4) is 5.75 Å². The van der Waals surface area contributed by atoms with E-state index < -0.39 is 18.3 Å². The molecule has 0 fully saturated rings.